The Morgan fingerprint density at radius 2 is 1.60 bits per heavy atom. The van der Waals surface area contributed by atoms with Crippen molar-refractivity contribution in [3.05, 3.63) is 65.7 Å². The van der Waals surface area contributed by atoms with E-state index in [0.29, 0.717) is 0 Å². The Morgan fingerprint density at radius 1 is 0.900 bits per heavy atom. The Balaban J connectivity index is 1.54. The van der Waals surface area contributed by atoms with Crippen LogP contribution in [0.4, 0.5) is 0 Å². The van der Waals surface area contributed by atoms with Crippen LogP contribution in [-0.2, 0) is 21.2 Å². The molecular weight excluding hydrogens is 396 g/mol. The van der Waals surface area contributed by atoms with Gasteiger partial charge in [-0.1, -0.05) is 61.7 Å². The summed E-state index contributed by atoms with van der Waals surface area (Å²) in [6, 6.07) is 16.5. The van der Waals surface area contributed by atoms with Crippen molar-refractivity contribution in [2.45, 2.75) is 68.3 Å². The largest absolute Gasteiger partial charge is 0.348 e. The van der Waals surface area contributed by atoms with Crippen LogP contribution in [0.3, 0.4) is 0 Å². The number of carbonyl (C=O) groups is 1. The van der Waals surface area contributed by atoms with Crippen LogP contribution in [0.5, 0.6) is 0 Å². The average Bonchev–Trinajstić information content (AvgIpc) is 2.79. The topological polar surface area (TPSA) is 66.5 Å². The van der Waals surface area contributed by atoms with E-state index in [0.717, 1.165) is 56.9 Å². The molecule has 5 nitrogen and oxygen atoms in total. The van der Waals surface area contributed by atoms with E-state index in [2.05, 4.69) is 17.4 Å². The quantitative estimate of drug-likeness (QED) is 0.753. The summed E-state index contributed by atoms with van der Waals surface area (Å²) in [4.78, 5) is 13.3. The van der Waals surface area contributed by atoms with Gasteiger partial charge in [0.25, 0.3) is 0 Å². The maximum atomic E-state index is 13.4. The molecule has 6 heteroatoms. The molecule has 0 bridgehead atoms. The van der Waals surface area contributed by atoms with Gasteiger partial charge in [0.2, 0.25) is 15.9 Å². The molecule has 1 unspecified atom stereocenters. The molecule has 2 aliphatic rings. The van der Waals surface area contributed by atoms with Crippen molar-refractivity contribution in [3.63, 3.8) is 0 Å². The molecule has 1 fully saturated rings. The van der Waals surface area contributed by atoms with Crippen molar-refractivity contribution in [2.24, 2.45) is 0 Å². The Labute approximate surface area is 179 Å². The fourth-order valence-corrected chi connectivity index (χ4v) is 6.45. The van der Waals surface area contributed by atoms with Crippen LogP contribution < -0.4 is 5.32 Å². The van der Waals surface area contributed by atoms with Gasteiger partial charge in [-0.25, -0.2) is 8.42 Å². The molecule has 2 aliphatic carbocycles. The van der Waals surface area contributed by atoms with Gasteiger partial charge in [0.15, 0.2) is 0 Å². The number of carbonyl (C=O) groups excluding carboxylic acids is 1. The van der Waals surface area contributed by atoms with Gasteiger partial charge < -0.3 is 5.32 Å². The highest BCUT2D eigenvalue weighted by Gasteiger charge is 2.34. The first kappa shape index (κ1) is 21.1. The lowest BCUT2D eigenvalue weighted by Crippen LogP contribution is -2.47. The van der Waals surface area contributed by atoms with E-state index in [-0.39, 0.29) is 29.4 Å². The lowest BCUT2D eigenvalue weighted by molar-refractivity contribution is -0.122. The summed E-state index contributed by atoms with van der Waals surface area (Å²) in [5.74, 6) is -0.221. The molecule has 0 aliphatic heterocycles. The number of hydrogen-bond donors (Lipinski definition) is 1. The summed E-state index contributed by atoms with van der Waals surface area (Å²) in [5, 5.41) is 3.12. The van der Waals surface area contributed by atoms with Gasteiger partial charge in [-0.2, -0.15) is 4.31 Å². The van der Waals surface area contributed by atoms with Crippen molar-refractivity contribution < 1.29 is 13.2 Å². The Bertz CT molecular complexity index is 969. The number of fused-ring (bicyclic) bond motifs is 1. The molecular formula is C24H30N2O3S. The minimum atomic E-state index is -3.72. The number of rotatable bonds is 6. The SMILES string of the molecule is O=C(CN(C1CCCCC1)S(=O)(=O)c1ccccc1)NC1CCCc2ccccc21. The third kappa shape index (κ3) is 4.60. The molecule has 1 atom stereocenters. The number of benzene rings is 2. The van der Waals surface area contributed by atoms with E-state index >= 15 is 0 Å². The highest BCUT2D eigenvalue weighted by molar-refractivity contribution is 7.89. The van der Waals surface area contributed by atoms with E-state index in [1.165, 1.54) is 9.87 Å². The molecule has 1 N–H and O–H groups in total. The van der Waals surface area contributed by atoms with Crippen molar-refractivity contribution in [3.8, 4) is 0 Å². The van der Waals surface area contributed by atoms with Crippen LogP contribution in [0.1, 0.15) is 62.1 Å². The molecule has 2 aromatic carbocycles. The summed E-state index contributed by atoms with van der Waals surface area (Å²) in [6.07, 6.45) is 7.69. The number of nitrogens with one attached hydrogen (secondary N) is 1. The van der Waals surface area contributed by atoms with Crippen LogP contribution in [0.15, 0.2) is 59.5 Å². The van der Waals surface area contributed by atoms with Crippen LogP contribution in [0.25, 0.3) is 0 Å². The van der Waals surface area contributed by atoms with Crippen molar-refractivity contribution in [2.75, 3.05) is 6.54 Å². The normalized spacial score (nSPS) is 20.0. The molecule has 160 valence electrons. The average molecular weight is 427 g/mol. The lowest BCUT2D eigenvalue weighted by Gasteiger charge is -2.34. The highest BCUT2D eigenvalue weighted by atomic mass is 32.2. The summed E-state index contributed by atoms with van der Waals surface area (Å²) < 4.78 is 28.3. The van der Waals surface area contributed by atoms with E-state index in [4.69, 9.17) is 0 Å². The predicted molar refractivity (Wildman–Crippen MR) is 117 cm³/mol. The Hall–Kier alpha value is -2.18. The van der Waals surface area contributed by atoms with E-state index in [1.807, 2.05) is 12.1 Å². The molecule has 0 radical (unpaired) electrons. The number of aryl methyl sites for hydroxylation is 1. The van der Waals surface area contributed by atoms with E-state index < -0.39 is 10.0 Å². The van der Waals surface area contributed by atoms with Gasteiger partial charge in [0.05, 0.1) is 17.5 Å². The van der Waals surface area contributed by atoms with Crippen LogP contribution >= 0.6 is 0 Å². The second-order valence-corrected chi connectivity index (χ2v) is 10.3. The standard InChI is InChI=1S/C24H30N2O3S/c27-24(25-23-17-9-11-19-10-7-8-16-22(19)23)18-26(20-12-3-1-4-13-20)30(28,29)21-14-5-2-6-15-21/h2,5-8,10,14-16,20,23H,1,3-4,9,11-13,17-18H2,(H,25,27). The van der Waals surface area contributed by atoms with Crippen molar-refractivity contribution in [1.82, 2.24) is 9.62 Å². The zero-order chi connectivity index (χ0) is 21.0. The van der Waals surface area contributed by atoms with Crippen LogP contribution in [0, 0.1) is 0 Å². The zero-order valence-electron chi connectivity index (χ0n) is 17.3. The van der Waals surface area contributed by atoms with E-state index in [1.54, 1.807) is 30.3 Å². The molecule has 30 heavy (non-hydrogen) atoms. The maximum Gasteiger partial charge on any atom is 0.243 e. The fourth-order valence-electron chi connectivity index (χ4n) is 4.79. The molecule has 1 amide bonds. The second kappa shape index (κ2) is 9.31. The summed E-state index contributed by atoms with van der Waals surface area (Å²) in [5.41, 5.74) is 2.43. The first-order valence-electron chi connectivity index (χ1n) is 11.0. The highest BCUT2D eigenvalue weighted by Crippen LogP contribution is 2.30. The molecule has 1 saturated carbocycles. The van der Waals surface area contributed by atoms with Gasteiger partial charge >= 0.3 is 0 Å². The predicted octanol–water partition coefficient (Wildman–Crippen LogP) is 4.20. The monoisotopic (exact) mass is 426 g/mol. The lowest BCUT2D eigenvalue weighted by atomic mass is 9.88. The van der Waals surface area contributed by atoms with Gasteiger partial charge in [-0.3, -0.25) is 4.79 Å². The zero-order valence-corrected chi connectivity index (χ0v) is 18.1. The summed E-state index contributed by atoms with van der Waals surface area (Å²) >= 11 is 0. The fraction of sp³-hybridized carbons (Fsp3) is 0.458. The van der Waals surface area contributed by atoms with Gasteiger partial charge in [-0.15, -0.1) is 0 Å². The number of sulfonamides is 1. The maximum absolute atomic E-state index is 13.4. The van der Waals surface area contributed by atoms with Gasteiger partial charge in [-0.05, 0) is 55.4 Å². The minimum absolute atomic E-state index is 0.0462. The number of nitrogens with zero attached hydrogens (tertiary/aromatic N) is 1. The first-order chi connectivity index (χ1) is 14.6. The second-order valence-electron chi connectivity index (χ2n) is 8.37. The van der Waals surface area contributed by atoms with Crippen LogP contribution in [-0.4, -0.2) is 31.2 Å². The first-order valence-corrected chi connectivity index (χ1v) is 12.4. The number of hydrogen-bond acceptors (Lipinski definition) is 3. The summed E-state index contributed by atoms with van der Waals surface area (Å²) in [6.45, 7) is -0.124. The third-order valence-electron chi connectivity index (χ3n) is 6.34. The number of amides is 1. The Morgan fingerprint density at radius 3 is 2.37 bits per heavy atom. The molecule has 0 aromatic heterocycles. The minimum Gasteiger partial charge on any atom is -0.348 e. The van der Waals surface area contributed by atoms with Crippen LogP contribution in [0.2, 0.25) is 0 Å². The molecule has 0 saturated heterocycles. The van der Waals surface area contributed by atoms with Gasteiger partial charge in [0.1, 0.15) is 0 Å². The Kier molecular flexibility index (Phi) is 6.54. The third-order valence-corrected chi connectivity index (χ3v) is 8.25. The molecule has 2 aromatic rings. The van der Waals surface area contributed by atoms with Gasteiger partial charge in [0, 0.05) is 6.04 Å². The van der Waals surface area contributed by atoms with E-state index in [9.17, 15) is 13.2 Å². The summed E-state index contributed by atoms with van der Waals surface area (Å²) in [7, 11) is -3.72. The smallest absolute Gasteiger partial charge is 0.243 e. The molecule has 0 heterocycles. The van der Waals surface area contributed by atoms with Crippen molar-refractivity contribution in [1.29, 1.82) is 0 Å². The molecule has 0 spiro atoms. The van der Waals surface area contributed by atoms with Crippen molar-refractivity contribution >= 4 is 15.9 Å². The molecule has 4 rings (SSSR count).